The van der Waals surface area contributed by atoms with Crippen molar-refractivity contribution < 1.29 is 9.47 Å². The van der Waals surface area contributed by atoms with Crippen LogP contribution in [0.2, 0.25) is 0 Å². The lowest BCUT2D eigenvalue weighted by atomic mass is 10.2. The van der Waals surface area contributed by atoms with Crippen molar-refractivity contribution in [1.82, 2.24) is 9.97 Å². The molecule has 0 bridgehead atoms. The van der Waals surface area contributed by atoms with Gasteiger partial charge in [0.1, 0.15) is 22.2 Å². The third-order valence-electron chi connectivity index (χ3n) is 4.40. The Morgan fingerprint density at radius 3 is 2.60 bits per heavy atom. The van der Waals surface area contributed by atoms with Gasteiger partial charge in [0.25, 0.3) is 5.56 Å². The second kappa shape index (κ2) is 6.37. The summed E-state index contributed by atoms with van der Waals surface area (Å²) in [5.41, 5.74) is 2.06. The van der Waals surface area contributed by atoms with Gasteiger partial charge in [-0.1, -0.05) is 6.08 Å². The first-order chi connectivity index (χ1) is 12.2. The van der Waals surface area contributed by atoms with Crippen molar-refractivity contribution in [2.75, 3.05) is 14.2 Å². The molecule has 1 aliphatic rings. The van der Waals surface area contributed by atoms with E-state index in [9.17, 15) is 4.79 Å². The third-order valence-corrected chi connectivity index (χ3v) is 5.59. The lowest BCUT2D eigenvalue weighted by Crippen LogP contribution is -2.09. The number of fused-ring (bicyclic) bond motifs is 3. The highest BCUT2D eigenvalue weighted by Crippen LogP contribution is 2.34. The normalized spacial score (nSPS) is 13.5. The Balaban J connectivity index is 1.71. The van der Waals surface area contributed by atoms with E-state index < -0.39 is 0 Å². The molecule has 4 rings (SSSR count). The van der Waals surface area contributed by atoms with E-state index in [1.807, 2.05) is 24.3 Å². The zero-order valence-corrected chi connectivity index (χ0v) is 14.9. The molecule has 3 aromatic rings. The molecule has 2 heterocycles. The minimum atomic E-state index is -0.0488. The van der Waals surface area contributed by atoms with E-state index in [1.54, 1.807) is 31.6 Å². The van der Waals surface area contributed by atoms with Gasteiger partial charge in [-0.2, -0.15) is 0 Å². The molecule has 0 radical (unpaired) electrons. The number of hydrogen-bond acceptors (Lipinski definition) is 5. The summed E-state index contributed by atoms with van der Waals surface area (Å²) in [5, 5.41) is 0.776. The predicted octanol–water partition coefficient (Wildman–Crippen LogP) is 3.66. The average Bonchev–Trinajstić information content (AvgIpc) is 3.20. The van der Waals surface area contributed by atoms with Crippen molar-refractivity contribution in [2.45, 2.75) is 19.3 Å². The van der Waals surface area contributed by atoms with E-state index in [0.29, 0.717) is 17.3 Å². The number of hydrogen-bond donors (Lipinski definition) is 1. The van der Waals surface area contributed by atoms with Gasteiger partial charge in [-0.15, -0.1) is 11.3 Å². The van der Waals surface area contributed by atoms with Crippen LogP contribution in [0.1, 0.15) is 28.2 Å². The van der Waals surface area contributed by atoms with Gasteiger partial charge in [-0.25, -0.2) is 4.98 Å². The number of nitrogens with one attached hydrogen (secondary N) is 1. The van der Waals surface area contributed by atoms with Crippen LogP contribution < -0.4 is 15.0 Å². The van der Waals surface area contributed by atoms with E-state index in [0.717, 1.165) is 35.0 Å². The Morgan fingerprint density at radius 1 is 1.12 bits per heavy atom. The molecule has 0 unspecified atom stereocenters. The molecule has 0 aliphatic heterocycles. The van der Waals surface area contributed by atoms with E-state index in [1.165, 1.54) is 10.4 Å². The molecule has 25 heavy (non-hydrogen) atoms. The largest absolute Gasteiger partial charge is 0.497 e. The Bertz CT molecular complexity index is 1010. The van der Waals surface area contributed by atoms with Crippen LogP contribution >= 0.6 is 11.3 Å². The van der Waals surface area contributed by atoms with Crippen LogP contribution in [0.15, 0.2) is 23.0 Å². The predicted molar refractivity (Wildman–Crippen MR) is 101 cm³/mol. The number of rotatable bonds is 4. The molecule has 6 heteroatoms. The number of ether oxygens (including phenoxy) is 2. The molecule has 2 aromatic heterocycles. The fourth-order valence-electron chi connectivity index (χ4n) is 3.20. The standard InChI is InChI=1S/C19H18N2O3S/c1-23-12-8-11(9-13(10-12)24-2)6-7-16-20-18(22)17-14-4-3-5-15(14)25-19(17)21-16/h6-10H,3-5H2,1-2H3,(H,20,21,22)/b7-6+. The van der Waals surface area contributed by atoms with E-state index in [4.69, 9.17) is 9.47 Å². The second-order valence-electron chi connectivity index (χ2n) is 5.97. The SMILES string of the molecule is COc1cc(/C=C/c2nc3sc4c(c3c(=O)[nH]2)CCC4)cc(OC)c1. The molecule has 0 spiro atoms. The van der Waals surface area contributed by atoms with E-state index in [2.05, 4.69) is 9.97 Å². The maximum Gasteiger partial charge on any atom is 0.260 e. The Labute approximate surface area is 148 Å². The monoisotopic (exact) mass is 354 g/mol. The topological polar surface area (TPSA) is 64.2 Å². The lowest BCUT2D eigenvalue weighted by molar-refractivity contribution is 0.394. The summed E-state index contributed by atoms with van der Waals surface area (Å²) in [6, 6.07) is 5.61. The zero-order valence-electron chi connectivity index (χ0n) is 14.1. The van der Waals surface area contributed by atoms with Gasteiger partial charge in [0.05, 0.1) is 19.6 Å². The van der Waals surface area contributed by atoms with Crippen molar-refractivity contribution in [3.05, 3.63) is 50.4 Å². The summed E-state index contributed by atoms with van der Waals surface area (Å²) < 4.78 is 10.6. The van der Waals surface area contributed by atoms with E-state index >= 15 is 0 Å². The molecule has 1 N–H and O–H groups in total. The fraction of sp³-hybridized carbons (Fsp3) is 0.263. The van der Waals surface area contributed by atoms with Gasteiger partial charge >= 0.3 is 0 Å². The molecule has 0 atom stereocenters. The van der Waals surface area contributed by atoms with Crippen molar-refractivity contribution >= 4 is 33.7 Å². The zero-order chi connectivity index (χ0) is 17.4. The van der Waals surface area contributed by atoms with Gasteiger partial charge in [-0.05, 0) is 48.6 Å². The highest BCUT2D eigenvalue weighted by molar-refractivity contribution is 7.18. The highest BCUT2D eigenvalue weighted by Gasteiger charge is 2.20. The molecule has 0 saturated carbocycles. The summed E-state index contributed by atoms with van der Waals surface area (Å²) in [7, 11) is 3.23. The van der Waals surface area contributed by atoms with Crippen LogP contribution in [-0.4, -0.2) is 24.2 Å². The quantitative estimate of drug-likeness (QED) is 0.776. The number of aromatic amines is 1. The van der Waals surface area contributed by atoms with Gasteiger partial charge in [0.2, 0.25) is 0 Å². The number of H-pyrrole nitrogens is 1. The number of methoxy groups -OCH3 is 2. The second-order valence-corrected chi connectivity index (χ2v) is 7.05. The molecule has 5 nitrogen and oxygen atoms in total. The number of benzene rings is 1. The van der Waals surface area contributed by atoms with Crippen LogP contribution in [0.5, 0.6) is 11.5 Å². The molecular formula is C19H18N2O3S. The summed E-state index contributed by atoms with van der Waals surface area (Å²) in [4.78, 5) is 22.1. The van der Waals surface area contributed by atoms with Gasteiger partial charge in [-0.3, -0.25) is 4.79 Å². The van der Waals surface area contributed by atoms with Crippen LogP contribution in [0.25, 0.3) is 22.4 Å². The van der Waals surface area contributed by atoms with Gasteiger partial charge in [0, 0.05) is 10.9 Å². The van der Waals surface area contributed by atoms with Crippen molar-refractivity contribution in [1.29, 1.82) is 0 Å². The van der Waals surface area contributed by atoms with Crippen molar-refractivity contribution in [2.24, 2.45) is 0 Å². The molecule has 1 aromatic carbocycles. The van der Waals surface area contributed by atoms with Crippen LogP contribution in [0.3, 0.4) is 0 Å². The number of nitrogens with zero attached hydrogens (tertiary/aromatic N) is 1. The maximum atomic E-state index is 12.5. The minimum absolute atomic E-state index is 0.0488. The summed E-state index contributed by atoms with van der Waals surface area (Å²) >= 11 is 1.64. The minimum Gasteiger partial charge on any atom is -0.497 e. The van der Waals surface area contributed by atoms with Crippen LogP contribution in [0, 0.1) is 0 Å². The lowest BCUT2D eigenvalue weighted by Gasteiger charge is -2.05. The number of aryl methyl sites for hydroxylation is 2. The van der Waals surface area contributed by atoms with Gasteiger partial charge < -0.3 is 14.5 Å². The Kier molecular flexibility index (Phi) is 4.05. The maximum absolute atomic E-state index is 12.5. The van der Waals surface area contributed by atoms with Crippen LogP contribution in [-0.2, 0) is 12.8 Å². The molecule has 0 amide bonds. The van der Waals surface area contributed by atoms with Crippen LogP contribution in [0.4, 0.5) is 0 Å². The number of aromatic nitrogens is 2. The smallest absolute Gasteiger partial charge is 0.260 e. The Morgan fingerprint density at radius 2 is 1.88 bits per heavy atom. The highest BCUT2D eigenvalue weighted by atomic mass is 32.1. The molecule has 128 valence electrons. The summed E-state index contributed by atoms with van der Waals surface area (Å²) in [6.45, 7) is 0. The van der Waals surface area contributed by atoms with Crippen molar-refractivity contribution in [3.8, 4) is 11.5 Å². The first-order valence-electron chi connectivity index (χ1n) is 8.13. The fourth-order valence-corrected chi connectivity index (χ4v) is 4.47. The average molecular weight is 354 g/mol. The van der Waals surface area contributed by atoms with Crippen molar-refractivity contribution in [3.63, 3.8) is 0 Å². The molecular weight excluding hydrogens is 336 g/mol. The molecule has 1 aliphatic carbocycles. The first kappa shape index (κ1) is 15.9. The summed E-state index contributed by atoms with van der Waals surface area (Å²) in [5.74, 6) is 1.98. The third kappa shape index (κ3) is 2.93. The molecule has 0 fully saturated rings. The number of thiophene rings is 1. The Hall–Kier alpha value is -2.60. The van der Waals surface area contributed by atoms with Gasteiger partial charge in [0.15, 0.2) is 0 Å². The first-order valence-corrected chi connectivity index (χ1v) is 8.95. The molecule has 0 saturated heterocycles. The summed E-state index contributed by atoms with van der Waals surface area (Å²) in [6.07, 6.45) is 6.87. The van der Waals surface area contributed by atoms with E-state index in [-0.39, 0.29) is 5.56 Å².